The molecule has 138 valence electrons. The molecular formula is C22H28N2O2. The number of benzene rings is 1. The molecule has 1 aromatic carbocycles. The van der Waals surface area contributed by atoms with Gasteiger partial charge in [0.2, 0.25) is 5.91 Å². The minimum atomic E-state index is -0.398. The average molecular weight is 352 g/mol. The molecule has 1 fully saturated rings. The van der Waals surface area contributed by atoms with Crippen LogP contribution in [0, 0.1) is 5.41 Å². The summed E-state index contributed by atoms with van der Waals surface area (Å²) in [6.07, 6.45) is 6.82. The average Bonchev–Trinajstić information content (AvgIpc) is 2.69. The summed E-state index contributed by atoms with van der Waals surface area (Å²) in [6, 6.07) is 12.6. The number of nitrogens with zero attached hydrogens (tertiary/aromatic N) is 1. The van der Waals surface area contributed by atoms with Crippen LogP contribution in [0.4, 0.5) is 0 Å². The first-order valence-electron chi connectivity index (χ1n) is 9.51. The minimum Gasteiger partial charge on any atom is -0.381 e. The van der Waals surface area contributed by atoms with Gasteiger partial charge in [-0.15, -0.1) is 0 Å². The van der Waals surface area contributed by atoms with Gasteiger partial charge in [-0.3, -0.25) is 9.78 Å². The molecule has 2 aromatic rings. The van der Waals surface area contributed by atoms with E-state index in [-0.39, 0.29) is 11.9 Å². The smallest absolute Gasteiger partial charge is 0.226 e. The first-order valence-corrected chi connectivity index (χ1v) is 9.51. The quantitative estimate of drug-likeness (QED) is 0.855. The highest BCUT2D eigenvalue weighted by atomic mass is 16.5. The molecule has 2 heterocycles. The van der Waals surface area contributed by atoms with Crippen molar-refractivity contribution in [1.82, 2.24) is 10.3 Å². The summed E-state index contributed by atoms with van der Waals surface area (Å²) >= 11 is 0. The molecular weight excluding hydrogens is 324 g/mol. The predicted molar refractivity (Wildman–Crippen MR) is 104 cm³/mol. The Morgan fingerprint density at radius 3 is 2.58 bits per heavy atom. The summed E-state index contributed by atoms with van der Waals surface area (Å²) in [6.45, 7) is 5.45. The van der Waals surface area contributed by atoms with Gasteiger partial charge in [-0.1, -0.05) is 31.2 Å². The third kappa shape index (κ3) is 4.13. The van der Waals surface area contributed by atoms with Crippen molar-refractivity contribution < 1.29 is 9.53 Å². The van der Waals surface area contributed by atoms with Crippen LogP contribution in [0.15, 0.2) is 48.8 Å². The molecule has 0 spiro atoms. The van der Waals surface area contributed by atoms with E-state index in [2.05, 4.69) is 48.4 Å². The maximum absolute atomic E-state index is 13.2. The monoisotopic (exact) mass is 352 g/mol. The Hall–Kier alpha value is -2.20. The summed E-state index contributed by atoms with van der Waals surface area (Å²) in [7, 11) is 0. The van der Waals surface area contributed by atoms with Crippen LogP contribution >= 0.6 is 0 Å². The summed E-state index contributed by atoms with van der Waals surface area (Å²) in [5, 5.41) is 3.22. The zero-order valence-corrected chi connectivity index (χ0v) is 15.7. The number of ether oxygens (including phenoxy) is 1. The molecule has 0 bridgehead atoms. The van der Waals surface area contributed by atoms with E-state index in [9.17, 15) is 4.79 Å². The Morgan fingerprint density at radius 2 is 1.88 bits per heavy atom. The summed E-state index contributed by atoms with van der Waals surface area (Å²) in [4.78, 5) is 17.3. The number of hydrogen-bond acceptors (Lipinski definition) is 3. The number of amides is 1. The molecule has 4 nitrogen and oxygen atoms in total. The van der Waals surface area contributed by atoms with Crippen molar-refractivity contribution in [2.24, 2.45) is 5.41 Å². The molecule has 4 heteroatoms. The van der Waals surface area contributed by atoms with Gasteiger partial charge in [0.15, 0.2) is 0 Å². The zero-order valence-electron chi connectivity index (χ0n) is 15.7. The molecule has 1 aliphatic rings. The van der Waals surface area contributed by atoms with Crippen molar-refractivity contribution in [2.75, 3.05) is 13.2 Å². The molecule has 0 radical (unpaired) electrons. The van der Waals surface area contributed by atoms with Crippen LogP contribution in [0.1, 0.15) is 38.7 Å². The van der Waals surface area contributed by atoms with E-state index in [4.69, 9.17) is 4.74 Å². The molecule has 0 saturated carbocycles. The SMILES string of the molecule is CC[C@H](C)NC(=O)C1(Cc2ccccc2-c2ccncc2)CCOCC1. The summed E-state index contributed by atoms with van der Waals surface area (Å²) in [5.74, 6) is 0.166. The fraction of sp³-hybridized carbons (Fsp3) is 0.455. The lowest BCUT2D eigenvalue weighted by Crippen LogP contribution is -2.48. The Bertz CT molecular complexity index is 724. The standard InChI is InChI=1S/C22H28N2O2/c1-3-17(2)24-21(25)22(10-14-26-15-11-22)16-19-6-4-5-7-20(19)18-8-12-23-13-9-18/h4-9,12-13,17H,3,10-11,14-16H2,1-2H3,(H,24,25)/t17-/m0/s1. The Labute approximate surface area is 156 Å². The lowest BCUT2D eigenvalue weighted by Gasteiger charge is -2.37. The van der Waals surface area contributed by atoms with E-state index < -0.39 is 5.41 Å². The van der Waals surface area contributed by atoms with Gasteiger partial charge in [0, 0.05) is 31.6 Å². The van der Waals surface area contributed by atoms with E-state index in [0.717, 1.165) is 31.2 Å². The summed E-state index contributed by atoms with van der Waals surface area (Å²) < 4.78 is 5.57. The zero-order chi connectivity index (χ0) is 18.4. The van der Waals surface area contributed by atoms with Crippen molar-refractivity contribution in [1.29, 1.82) is 0 Å². The van der Waals surface area contributed by atoms with Gasteiger partial charge >= 0.3 is 0 Å². The number of carbonyl (C=O) groups is 1. The molecule has 1 saturated heterocycles. The number of aromatic nitrogens is 1. The van der Waals surface area contributed by atoms with Gasteiger partial charge in [0.05, 0.1) is 5.41 Å². The van der Waals surface area contributed by atoms with E-state index >= 15 is 0 Å². The molecule has 1 aliphatic heterocycles. The first-order chi connectivity index (χ1) is 12.6. The van der Waals surface area contributed by atoms with Crippen molar-refractivity contribution >= 4 is 5.91 Å². The number of pyridine rings is 1. The number of carbonyl (C=O) groups excluding carboxylic acids is 1. The van der Waals surface area contributed by atoms with Crippen LogP contribution in [0.3, 0.4) is 0 Å². The molecule has 1 aromatic heterocycles. The maximum atomic E-state index is 13.2. The molecule has 3 rings (SSSR count). The van der Waals surface area contributed by atoms with Gasteiger partial charge in [-0.25, -0.2) is 0 Å². The van der Waals surface area contributed by atoms with Crippen molar-refractivity contribution in [2.45, 2.75) is 45.6 Å². The Balaban J connectivity index is 1.92. The van der Waals surface area contributed by atoms with Crippen LogP contribution in [0.25, 0.3) is 11.1 Å². The van der Waals surface area contributed by atoms with E-state index in [1.54, 1.807) is 0 Å². The highest BCUT2D eigenvalue weighted by Crippen LogP contribution is 2.37. The van der Waals surface area contributed by atoms with Gasteiger partial charge in [-0.2, -0.15) is 0 Å². The topological polar surface area (TPSA) is 51.2 Å². The van der Waals surface area contributed by atoms with E-state index in [0.29, 0.717) is 13.2 Å². The largest absolute Gasteiger partial charge is 0.381 e. The van der Waals surface area contributed by atoms with Gasteiger partial charge in [0.1, 0.15) is 0 Å². The van der Waals surface area contributed by atoms with Gasteiger partial charge < -0.3 is 10.1 Å². The number of nitrogens with one attached hydrogen (secondary N) is 1. The Morgan fingerprint density at radius 1 is 1.19 bits per heavy atom. The first kappa shape index (κ1) is 18.6. The normalized spacial score (nSPS) is 17.5. The molecule has 0 unspecified atom stereocenters. The van der Waals surface area contributed by atoms with Crippen molar-refractivity contribution in [3.63, 3.8) is 0 Å². The summed E-state index contributed by atoms with van der Waals surface area (Å²) in [5.41, 5.74) is 3.13. The van der Waals surface area contributed by atoms with E-state index in [1.807, 2.05) is 24.5 Å². The second-order valence-electron chi connectivity index (χ2n) is 7.25. The predicted octanol–water partition coefficient (Wildman–Crippen LogP) is 4.00. The molecule has 26 heavy (non-hydrogen) atoms. The fourth-order valence-corrected chi connectivity index (χ4v) is 3.58. The second kappa shape index (κ2) is 8.45. The molecule has 0 aliphatic carbocycles. The lowest BCUT2D eigenvalue weighted by molar-refractivity contribution is -0.137. The highest BCUT2D eigenvalue weighted by molar-refractivity contribution is 5.84. The third-order valence-corrected chi connectivity index (χ3v) is 5.46. The van der Waals surface area contributed by atoms with Crippen molar-refractivity contribution in [3.8, 4) is 11.1 Å². The Kier molecular flexibility index (Phi) is 6.04. The van der Waals surface area contributed by atoms with Crippen LogP contribution in [-0.4, -0.2) is 30.1 Å². The van der Waals surface area contributed by atoms with Crippen molar-refractivity contribution in [3.05, 3.63) is 54.4 Å². The van der Waals surface area contributed by atoms with Crippen LogP contribution in [0.2, 0.25) is 0 Å². The lowest BCUT2D eigenvalue weighted by atomic mass is 9.73. The maximum Gasteiger partial charge on any atom is 0.226 e. The minimum absolute atomic E-state index is 0.166. The van der Waals surface area contributed by atoms with Crippen LogP contribution in [-0.2, 0) is 16.0 Å². The number of rotatable bonds is 6. The number of hydrogen-bond donors (Lipinski definition) is 1. The van der Waals surface area contributed by atoms with Crippen LogP contribution < -0.4 is 5.32 Å². The van der Waals surface area contributed by atoms with Crippen LogP contribution in [0.5, 0.6) is 0 Å². The fourth-order valence-electron chi connectivity index (χ4n) is 3.58. The molecule has 1 atom stereocenters. The third-order valence-electron chi connectivity index (χ3n) is 5.46. The molecule has 1 N–H and O–H groups in total. The van der Waals surface area contributed by atoms with Gasteiger partial charge in [0.25, 0.3) is 0 Å². The second-order valence-corrected chi connectivity index (χ2v) is 7.25. The highest BCUT2D eigenvalue weighted by Gasteiger charge is 2.40. The van der Waals surface area contributed by atoms with E-state index in [1.165, 1.54) is 11.1 Å². The van der Waals surface area contributed by atoms with Gasteiger partial charge in [-0.05, 0) is 61.4 Å². The molecule has 1 amide bonds.